The third kappa shape index (κ3) is 3.73. The van der Waals surface area contributed by atoms with Crippen molar-refractivity contribution in [2.45, 2.75) is 13.1 Å². The van der Waals surface area contributed by atoms with E-state index in [1.807, 2.05) is 0 Å². The molecule has 0 aliphatic carbocycles. The van der Waals surface area contributed by atoms with Gasteiger partial charge in [-0.1, -0.05) is 0 Å². The molecule has 0 amide bonds. The second-order valence-corrected chi connectivity index (χ2v) is 4.79. The van der Waals surface area contributed by atoms with E-state index >= 15 is 0 Å². The Morgan fingerprint density at radius 3 is 2.65 bits per heavy atom. The van der Waals surface area contributed by atoms with Gasteiger partial charge in [0.1, 0.15) is 5.69 Å². The second-order valence-electron chi connectivity index (χ2n) is 3.73. The quantitative estimate of drug-likeness (QED) is 0.537. The van der Waals surface area contributed by atoms with Gasteiger partial charge in [-0.05, 0) is 25.1 Å². The van der Waals surface area contributed by atoms with E-state index in [-0.39, 0.29) is 16.8 Å². The molecule has 0 aliphatic heterocycles. The number of hydrazone groups is 1. The van der Waals surface area contributed by atoms with E-state index in [2.05, 4.69) is 20.5 Å². The average molecular weight is 304 g/mol. The van der Waals surface area contributed by atoms with E-state index in [1.54, 1.807) is 0 Å². The van der Waals surface area contributed by atoms with Crippen molar-refractivity contribution in [2.24, 2.45) is 5.10 Å². The average Bonchev–Trinajstić information content (AvgIpc) is 2.73. The van der Waals surface area contributed by atoms with Gasteiger partial charge in [0.25, 0.3) is 0 Å². The fourth-order valence-corrected chi connectivity index (χ4v) is 1.92. The summed E-state index contributed by atoms with van der Waals surface area (Å²) < 4.78 is 50.3. The molecule has 9 heteroatoms. The maximum atomic E-state index is 12.7. The van der Waals surface area contributed by atoms with Crippen molar-refractivity contribution in [3.63, 3.8) is 0 Å². The molecule has 20 heavy (non-hydrogen) atoms. The molecule has 2 aromatic heterocycles. The minimum atomic E-state index is -4.55. The Morgan fingerprint density at radius 2 is 2.05 bits per heavy atom. The van der Waals surface area contributed by atoms with E-state index in [4.69, 9.17) is 0 Å². The van der Waals surface area contributed by atoms with Gasteiger partial charge in [-0.25, -0.2) is 15.4 Å². The van der Waals surface area contributed by atoms with E-state index in [9.17, 15) is 17.6 Å². The van der Waals surface area contributed by atoms with Crippen LogP contribution < -0.4 is 5.43 Å². The topological polar surface area (TPSA) is 50.2 Å². The van der Waals surface area contributed by atoms with Crippen LogP contribution in [0.2, 0.25) is 0 Å². The molecule has 0 aromatic carbocycles. The fourth-order valence-electron chi connectivity index (χ4n) is 1.32. The summed E-state index contributed by atoms with van der Waals surface area (Å²) in [5, 5.41) is 3.29. The first-order valence-corrected chi connectivity index (χ1v) is 6.13. The minimum absolute atomic E-state index is 0.159. The van der Waals surface area contributed by atoms with Gasteiger partial charge in [0.15, 0.2) is 5.13 Å². The largest absolute Gasteiger partial charge is 0.433 e. The van der Waals surface area contributed by atoms with Gasteiger partial charge in [0.05, 0.1) is 11.1 Å². The van der Waals surface area contributed by atoms with Crippen molar-refractivity contribution in [1.29, 1.82) is 0 Å². The summed E-state index contributed by atoms with van der Waals surface area (Å²) in [5.74, 6) is -0.273. The molecule has 0 radical (unpaired) electrons. The number of anilines is 1. The first-order valence-electron chi connectivity index (χ1n) is 5.32. The molecule has 0 bridgehead atoms. The van der Waals surface area contributed by atoms with Crippen LogP contribution in [0.3, 0.4) is 0 Å². The van der Waals surface area contributed by atoms with Crippen LogP contribution >= 0.6 is 11.3 Å². The van der Waals surface area contributed by atoms with Crippen molar-refractivity contribution in [3.05, 3.63) is 39.6 Å². The molecule has 0 saturated carbocycles. The molecule has 0 atom stereocenters. The van der Waals surface area contributed by atoms with E-state index in [0.717, 1.165) is 17.4 Å². The first-order chi connectivity index (χ1) is 9.34. The van der Waals surface area contributed by atoms with Crippen LogP contribution in [-0.2, 0) is 6.18 Å². The molecule has 2 rings (SSSR count). The summed E-state index contributed by atoms with van der Waals surface area (Å²) in [6.45, 7) is 1.42. The molecule has 106 valence electrons. The number of aryl methyl sites for hydroxylation is 1. The van der Waals surface area contributed by atoms with E-state index in [0.29, 0.717) is 4.88 Å². The summed E-state index contributed by atoms with van der Waals surface area (Å²) >= 11 is 0.857. The van der Waals surface area contributed by atoms with E-state index < -0.39 is 11.9 Å². The molecule has 4 nitrogen and oxygen atoms in total. The minimum Gasteiger partial charge on any atom is -0.245 e. The second kappa shape index (κ2) is 5.53. The van der Waals surface area contributed by atoms with Crippen LogP contribution in [0.25, 0.3) is 0 Å². The number of hydrogen-bond donors (Lipinski definition) is 1. The molecule has 0 aliphatic rings. The number of thiophene rings is 1. The Hall–Kier alpha value is -2.03. The lowest BCUT2D eigenvalue weighted by Gasteiger charge is -2.07. The molecule has 0 unspecified atom stereocenters. The van der Waals surface area contributed by atoms with Crippen LogP contribution in [0, 0.1) is 12.1 Å². The van der Waals surface area contributed by atoms with Crippen LogP contribution in [0.5, 0.6) is 0 Å². The molecule has 0 saturated heterocycles. The van der Waals surface area contributed by atoms with Gasteiger partial charge in [0, 0.05) is 5.69 Å². The number of rotatable bonds is 3. The van der Waals surface area contributed by atoms with Crippen molar-refractivity contribution < 1.29 is 17.6 Å². The zero-order chi connectivity index (χ0) is 14.8. The van der Waals surface area contributed by atoms with Gasteiger partial charge in [-0.15, -0.1) is 11.3 Å². The highest BCUT2D eigenvalue weighted by molar-refractivity contribution is 7.12. The van der Waals surface area contributed by atoms with Crippen LogP contribution in [0.15, 0.2) is 23.3 Å². The van der Waals surface area contributed by atoms with Gasteiger partial charge in [-0.3, -0.25) is 0 Å². The van der Waals surface area contributed by atoms with Gasteiger partial charge >= 0.3 is 6.18 Å². The summed E-state index contributed by atoms with van der Waals surface area (Å²) in [7, 11) is 0. The maximum absolute atomic E-state index is 12.7. The summed E-state index contributed by atoms with van der Waals surface area (Å²) in [5.41, 5.74) is 1.40. The normalized spacial score (nSPS) is 12.1. The van der Waals surface area contributed by atoms with Crippen molar-refractivity contribution in [2.75, 3.05) is 5.43 Å². The Balaban J connectivity index is 2.13. The summed E-state index contributed by atoms with van der Waals surface area (Å²) in [6, 6.07) is 3.59. The number of halogens is 4. The number of aromatic nitrogens is 2. The zero-order valence-corrected chi connectivity index (χ0v) is 10.9. The highest BCUT2D eigenvalue weighted by atomic mass is 32.1. The zero-order valence-electron chi connectivity index (χ0n) is 10.1. The number of hydrogen-bond acceptors (Lipinski definition) is 5. The van der Waals surface area contributed by atoms with Crippen LogP contribution in [0.1, 0.15) is 16.3 Å². The predicted molar refractivity (Wildman–Crippen MR) is 67.3 cm³/mol. The Kier molecular flexibility index (Phi) is 3.98. The highest BCUT2D eigenvalue weighted by Crippen LogP contribution is 2.28. The maximum Gasteiger partial charge on any atom is 0.433 e. The Morgan fingerprint density at radius 1 is 1.30 bits per heavy atom. The number of nitrogens with zero attached hydrogens (tertiary/aromatic N) is 3. The van der Waals surface area contributed by atoms with Gasteiger partial charge < -0.3 is 0 Å². The third-order valence-electron chi connectivity index (χ3n) is 2.09. The Bertz CT molecular complexity index is 636. The molecular weight excluding hydrogens is 296 g/mol. The molecule has 0 spiro atoms. The van der Waals surface area contributed by atoms with Crippen LogP contribution in [0.4, 0.5) is 23.5 Å². The molecule has 2 heterocycles. The first kappa shape index (κ1) is 14.4. The molecule has 2 aromatic rings. The standard InChI is InChI=1S/C11H8F4N4S/c1-6-4-8(11(13,14)15)18-10(17-6)19-16-5-7-2-3-9(12)20-7/h2-5H,1H3,(H,17,18,19)/b16-5+. The summed E-state index contributed by atoms with van der Waals surface area (Å²) in [6.07, 6.45) is -3.28. The predicted octanol–water partition coefficient (Wildman–Crippen LogP) is 3.45. The monoisotopic (exact) mass is 304 g/mol. The molecule has 1 N–H and O–H groups in total. The SMILES string of the molecule is Cc1cc(C(F)(F)F)nc(N/N=C/c2ccc(F)s2)n1. The smallest absolute Gasteiger partial charge is 0.245 e. The number of nitrogens with one attached hydrogen (secondary N) is 1. The van der Waals surface area contributed by atoms with Crippen molar-refractivity contribution >= 4 is 23.5 Å². The highest BCUT2D eigenvalue weighted by Gasteiger charge is 2.33. The molecular formula is C11H8F4N4S. The summed E-state index contributed by atoms with van der Waals surface area (Å²) in [4.78, 5) is 7.60. The lowest BCUT2D eigenvalue weighted by atomic mass is 10.3. The fraction of sp³-hybridized carbons (Fsp3) is 0.182. The number of alkyl halides is 3. The van der Waals surface area contributed by atoms with Crippen molar-refractivity contribution in [3.8, 4) is 0 Å². The molecule has 0 fully saturated rings. The van der Waals surface area contributed by atoms with Crippen molar-refractivity contribution in [1.82, 2.24) is 9.97 Å². The lowest BCUT2D eigenvalue weighted by molar-refractivity contribution is -0.141. The van der Waals surface area contributed by atoms with Crippen LogP contribution in [-0.4, -0.2) is 16.2 Å². The third-order valence-corrected chi connectivity index (χ3v) is 2.90. The van der Waals surface area contributed by atoms with Gasteiger partial charge in [0.2, 0.25) is 5.95 Å². The van der Waals surface area contributed by atoms with E-state index in [1.165, 1.54) is 25.3 Å². The Labute approximate surface area is 115 Å². The van der Waals surface area contributed by atoms with Gasteiger partial charge in [-0.2, -0.15) is 22.7 Å². The lowest BCUT2D eigenvalue weighted by Crippen LogP contribution is -2.11.